The number of hydrogen-bond acceptors (Lipinski definition) is 5. The number of likely N-dealkylation sites (tertiary alicyclic amines) is 1. The number of carbonyl (C=O) groups excluding carboxylic acids is 1. The van der Waals surface area contributed by atoms with Crippen molar-refractivity contribution in [3.63, 3.8) is 0 Å². The highest BCUT2D eigenvalue weighted by Crippen LogP contribution is 2.43. The molecule has 2 saturated heterocycles. The first-order valence-corrected chi connectivity index (χ1v) is 10.2. The minimum absolute atomic E-state index is 0.00228. The first-order chi connectivity index (χ1) is 13.7. The molecule has 1 spiro atoms. The largest absolute Gasteiger partial charge is 0.361 e. The molecule has 2 atom stereocenters. The van der Waals surface area contributed by atoms with E-state index >= 15 is 0 Å². The average molecular weight is 378 g/mol. The topological polar surface area (TPSA) is 58.6 Å². The molecule has 4 heterocycles. The zero-order valence-electron chi connectivity index (χ0n) is 16.0. The molecule has 3 fully saturated rings. The van der Waals surface area contributed by atoms with Crippen LogP contribution in [0.1, 0.15) is 29.9 Å². The van der Waals surface area contributed by atoms with Crippen LogP contribution in [0.25, 0.3) is 0 Å². The number of ether oxygens (including phenoxy) is 1. The fourth-order valence-electron chi connectivity index (χ4n) is 4.65. The lowest BCUT2D eigenvalue weighted by atomic mass is 9.83. The second-order valence-electron chi connectivity index (χ2n) is 8.30. The van der Waals surface area contributed by atoms with Crippen LogP contribution in [0.15, 0.2) is 49.1 Å². The fourth-order valence-corrected chi connectivity index (χ4v) is 4.65. The van der Waals surface area contributed by atoms with E-state index in [1.54, 1.807) is 6.20 Å². The van der Waals surface area contributed by atoms with E-state index in [-0.39, 0.29) is 11.8 Å². The minimum atomic E-state index is -0.802. The lowest BCUT2D eigenvalue weighted by Gasteiger charge is -2.42. The summed E-state index contributed by atoms with van der Waals surface area (Å²) in [6.45, 7) is 4.40. The molecule has 6 heteroatoms. The monoisotopic (exact) mass is 378 g/mol. The van der Waals surface area contributed by atoms with Crippen LogP contribution in [-0.4, -0.2) is 64.1 Å². The normalized spacial score (nSPS) is 28.2. The highest BCUT2D eigenvalue weighted by Gasteiger charge is 2.57. The molecule has 2 aliphatic heterocycles. The van der Waals surface area contributed by atoms with Crippen molar-refractivity contribution in [3.8, 4) is 0 Å². The van der Waals surface area contributed by atoms with Gasteiger partial charge in [-0.3, -0.25) is 19.7 Å². The van der Waals surface area contributed by atoms with E-state index in [9.17, 15) is 4.79 Å². The standard InChI is InChI=1S/C22H26N4O2/c27-21-22(28-11-10-26(21)14-17-3-4-17)16-25(13-18-5-8-23-9-6-18)15-20(22)19-2-1-7-24-12-19/h1-2,5-9,12,17,20H,3-4,10-11,13-16H2/t20-,22+/m1/s1. The Morgan fingerprint density at radius 1 is 1.14 bits per heavy atom. The van der Waals surface area contributed by atoms with Gasteiger partial charge in [-0.15, -0.1) is 0 Å². The maximum Gasteiger partial charge on any atom is 0.256 e. The van der Waals surface area contributed by atoms with Crippen molar-refractivity contribution in [1.82, 2.24) is 19.8 Å². The maximum atomic E-state index is 13.6. The van der Waals surface area contributed by atoms with Crippen LogP contribution in [0.4, 0.5) is 0 Å². The molecule has 0 aromatic carbocycles. The fraction of sp³-hybridized carbons (Fsp3) is 0.500. The summed E-state index contributed by atoms with van der Waals surface area (Å²) in [6.07, 6.45) is 9.80. The van der Waals surface area contributed by atoms with Gasteiger partial charge >= 0.3 is 0 Å². The van der Waals surface area contributed by atoms with Gasteiger partial charge in [0.05, 0.1) is 6.61 Å². The van der Waals surface area contributed by atoms with Crippen LogP contribution < -0.4 is 0 Å². The van der Waals surface area contributed by atoms with E-state index in [0.29, 0.717) is 25.6 Å². The van der Waals surface area contributed by atoms with Gasteiger partial charge < -0.3 is 9.64 Å². The van der Waals surface area contributed by atoms with Gasteiger partial charge in [0.25, 0.3) is 5.91 Å². The zero-order valence-corrected chi connectivity index (χ0v) is 16.0. The minimum Gasteiger partial charge on any atom is -0.361 e. The van der Waals surface area contributed by atoms with Crippen molar-refractivity contribution in [2.75, 3.05) is 32.8 Å². The zero-order chi connectivity index (χ0) is 19.0. The lowest BCUT2D eigenvalue weighted by molar-refractivity contribution is -0.172. The van der Waals surface area contributed by atoms with Crippen LogP contribution >= 0.6 is 0 Å². The molecule has 0 bridgehead atoms. The van der Waals surface area contributed by atoms with Crippen LogP contribution in [0.2, 0.25) is 0 Å². The quantitative estimate of drug-likeness (QED) is 0.797. The predicted octanol–water partition coefficient (Wildman–Crippen LogP) is 2.08. The van der Waals surface area contributed by atoms with Crippen molar-refractivity contribution in [3.05, 3.63) is 60.2 Å². The van der Waals surface area contributed by atoms with Gasteiger partial charge in [-0.05, 0) is 48.1 Å². The third-order valence-electron chi connectivity index (χ3n) is 6.25. The molecule has 6 nitrogen and oxygen atoms in total. The number of carbonyl (C=O) groups is 1. The second-order valence-corrected chi connectivity index (χ2v) is 8.30. The first kappa shape index (κ1) is 17.8. The molecule has 5 rings (SSSR count). The molecule has 0 radical (unpaired) electrons. The lowest BCUT2D eigenvalue weighted by Crippen LogP contribution is -2.60. The molecule has 0 unspecified atom stereocenters. The Morgan fingerprint density at radius 3 is 2.75 bits per heavy atom. The predicted molar refractivity (Wildman–Crippen MR) is 104 cm³/mol. The second kappa shape index (κ2) is 7.26. The van der Waals surface area contributed by atoms with E-state index in [0.717, 1.165) is 25.2 Å². The molecule has 1 amide bonds. The summed E-state index contributed by atoms with van der Waals surface area (Å²) >= 11 is 0. The molecule has 1 saturated carbocycles. The van der Waals surface area contributed by atoms with E-state index < -0.39 is 5.60 Å². The van der Waals surface area contributed by atoms with Gasteiger partial charge in [0.15, 0.2) is 5.60 Å². The van der Waals surface area contributed by atoms with Gasteiger partial charge in [0.2, 0.25) is 0 Å². The van der Waals surface area contributed by atoms with Gasteiger partial charge in [-0.2, -0.15) is 0 Å². The smallest absolute Gasteiger partial charge is 0.256 e. The Labute approximate surface area is 165 Å². The van der Waals surface area contributed by atoms with E-state index in [4.69, 9.17) is 4.74 Å². The Morgan fingerprint density at radius 2 is 2.00 bits per heavy atom. The van der Waals surface area contributed by atoms with Gasteiger partial charge in [0.1, 0.15) is 0 Å². The van der Waals surface area contributed by atoms with Crippen molar-refractivity contribution in [2.24, 2.45) is 5.92 Å². The number of rotatable bonds is 5. The summed E-state index contributed by atoms with van der Waals surface area (Å²) in [5.74, 6) is 0.847. The highest BCUT2D eigenvalue weighted by atomic mass is 16.5. The van der Waals surface area contributed by atoms with E-state index in [2.05, 4.69) is 25.8 Å². The molecule has 0 N–H and O–H groups in total. The Bertz CT molecular complexity index is 827. The molecule has 3 aliphatic rings. The van der Waals surface area contributed by atoms with Gasteiger partial charge in [0, 0.05) is 63.4 Å². The van der Waals surface area contributed by atoms with E-state index in [1.165, 1.54) is 18.4 Å². The van der Waals surface area contributed by atoms with Gasteiger partial charge in [-0.25, -0.2) is 0 Å². The maximum absolute atomic E-state index is 13.6. The number of hydrogen-bond donors (Lipinski definition) is 0. The van der Waals surface area contributed by atoms with Crippen LogP contribution in [0, 0.1) is 5.92 Å². The summed E-state index contributed by atoms with van der Waals surface area (Å²) in [5, 5.41) is 0. The summed E-state index contributed by atoms with van der Waals surface area (Å²) in [5.41, 5.74) is 1.49. The third-order valence-corrected chi connectivity index (χ3v) is 6.25. The number of aromatic nitrogens is 2. The number of morpholine rings is 1. The first-order valence-electron chi connectivity index (χ1n) is 10.2. The molecule has 28 heavy (non-hydrogen) atoms. The van der Waals surface area contributed by atoms with Crippen molar-refractivity contribution in [1.29, 1.82) is 0 Å². The Kier molecular flexibility index (Phi) is 4.61. The molecule has 1 aliphatic carbocycles. The van der Waals surface area contributed by atoms with Crippen LogP contribution in [0.3, 0.4) is 0 Å². The third kappa shape index (κ3) is 3.31. The van der Waals surface area contributed by atoms with Crippen molar-refractivity contribution < 1.29 is 9.53 Å². The number of nitrogens with zero attached hydrogens (tertiary/aromatic N) is 4. The van der Waals surface area contributed by atoms with Crippen LogP contribution in [0.5, 0.6) is 0 Å². The molecule has 2 aromatic rings. The molecule has 2 aromatic heterocycles. The highest BCUT2D eigenvalue weighted by molar-refractivity contribution is 5.88. The molecular formula is C22H26N4O2. The number of pyridine rings is 2. The van der Waals surface area contributed by atoms with Crippen molar-refractivity contribution in [2.45, 2.75) is 30.9 Å². The SMILES string of the molecule is O=C1N(CC2CC2)CCO[C@]12CN(Cc1ccncc1)C[C@@H]2c1cccnc1. The van der Waals surface area contributed by atoms with Crippen LogP contribution in [-0.2, 0) is 16.1 Å². The Balaban J connectivity index is 1.44. The summed E-state index contributed by atoms with van der Waals surface area (Å²) in [6, 6.07) is 8.09. The van der Waals surface area contributed by atoms with Gasteiger partial charge in [-0.1, -0.05) is 6.07 Å². The average Bonchev–Trinajstić information content (AvgIpc) is 3.48. The summed E-state index contributed by atoms with van der Waals surface area (Å²) in [7, 11) is 0. The summed E-state index contributed by atoms with van der Waals surface area (Å²) < 4.78 is 6.33. The Hall–Kier alpha value is -2.31. The molecule has 146 valence electrons. The summed E-state index contributed by atoms with van der Waals surface area (Å²) in [4.78, 5) is 26.5. The number of amides is 1. The van der Waals surface area contributed by atoms with E-state index in [1.807, 2.05) is 36.8 Å². The molecular weight excluding hydrogens is 352 g/mol. The van der Waals surface area contributed by atoms with Crippen molar-refractivity contribution >= 4 is 5.91 Å².